The number of rotatable bonds is 11. The highest BCUT2D eigenvalue weighted by molar-refractivity contribution is 7.92. The lowest BCUT2D eigenvalue weighted by atomic mass is 10.00. The first-order valence-corrected chi connectivity index (χ1v) is 17.1. The van der Waals surface area contributed by atoms with E-state index >= 15 is 0 Å². The first-order chi connectivity index (χ1) is 21.1. The van der Waals surface area contributed by atoms with Gasteiger partial charge in [0.15, 0.2) is 0 Å². The number of aromatic nitrogens is 1. The monoisotopic (exact) mass is 640 g/mol. The number of aliphatic hydroxyl groups excluding tert-OH is 1. The average Bonchev–Trinajstić information content (AvgIpc) is 3.61. The smallest absolute Gasteiger partial charge is 0.290 e. The van der Waals surface area contributed by atoms with E-state index in [4.69, 9.17) is 9.90 Å². The number of hydrogen-bond donors (Lipinski definition) is 4. The van der Waals surface area contributed by atoms with Gasteiger partial charge in [-0.3, -0.25) is 13.9 Å². The Morgan fingerprint density at radius 3 is 2.52 bits per heavy atom. The molecule has 0 aliphatic carbocycles. The number of carbonyl (C=O) groups is 2. The highest BCUT2D eigenvalue weighted by Gasteiger charge is 2.29. The third-order valence-electron chi connectivity index (χ3n) is 7.85. The van der Waals surface area contributed by atoms with Crippen LogP contribution in [0.25, 0.3) is 10.9 Å². The van der Waals surface area contributed by atoms with Crippen LogP contribution in [0.1, 0.15) is 45.8 Å². The Morgan fingerprint density at radius 2 is 1.86 bits per heavy atom. The number of anilines is 1. The first kappa shape index (κ1) is 33.2. The second-order valence-corrected chi connectivity index (χ2v) is 13.8. The van der Waals surface area contributed by atoms with E-state index in [1.165, 1.54) is 14.7 Å². The van der Waals surface area contributed by atoms with Crippen molar-refractivity contribution in [1.82, 2.24) is 15.2 Å². The highest BCUT2D eigenvalue weighted by atomic mass is 32.2. The SMILES string of the molecule is CCc1cc(CNC[C@@H](O)[C@H](Cc2ccccc2)NC(=O)c2cc3c4c(cn(CC)c4c2)CCS(=O)(=O)N3C)cs1.O=CO. The summed E-state index contributed by atoms with van der Waals surface area (Å²) in [4.78, 5) is 23.4. The van der Waals surface area contributed by atoms with Crippen LogP contribution in [0.3, 0.4) is 0 Å². The Bertz CT molecular complexity index is 1680. The number of aryl methyl sites for hydroxylation is 3. The number of amides is 1. The molecule has 44 heavy (non-hydrogen) atoms. The third kappa shape index (κ3) is 7.68. The van der Waals surface area contributed by atoms with Crippen molar-refractivity contribution < 1.29 is 28.2 Å². The first-order valence-electron chi connectivity index (χ1n) is 14.6. The van der Waals surface area contributed by atoms with Gasteiger partial charge in [0, 0.05) is 48.7 Å². The quantitative estimate of drug-likeness (QED) is 0.183. The normalized spacial score (nSPS) is 15.1. The zero-order chi connectivity index (χ0) is 31.9. The van der Waals surface area contributed by atoms with Gasteiger partial charge in [-0.1, -0.05) is 37.3 Å². The summed E-state index contributed by atoms with van der Waals surface area (Å²) in [7, 11) is -1.96. The third-order valence-corrected chi connectivity index (χ3v) is 10.7. The molecule has 2 aromatic carbocycles. The van der Waals surface area contributed by atoms with Crippen LogP contribution < -0.4 is 14.9 Å². The molecule has 0 saturated heterocycles. The van der Waals surface area contributed by atoms with Crippen LogP contribution in [0.2, 0.25) is 0 Å². The highest BCUT2D eigenvalue weighted by Crippen LogP contribution is 2.37. The summed E-state index contributed by atoms with van der Waals surface area (Å²) < 4.78 is 29.2. The predicted molar refractivity (Wildman–Crippen MR) is 175 cm³/mol. The van der Waals surface area contributed by atoms with E-state index in [-0.39, 0.29) is 18.1 Å². The minimum absolute atomic E-state index is 0.0199. The van der Waals surface area contributed by atoms with Gasteiger partial charge in [0.25, 0.3) is 12.4 Å². The lowest BCUT2D eigenvalue weighted by Crippen LogP contribution is -2.48. The number of thiophene rings is 1. The summed E-state index contributed by atoms with van der Waals surface area (Å²) in [6.07, 6.45) is 3.03. The van der Waals surface area contributed by atoms with Gasteiger partial charge >= 0.3 is 0 Å². The molecule has 4 N–H and O–H groups in total. The number of aliphatic hydroxyl groups is 1. The Morgan fingerprint density at radius 1 is 1.14 bits per heavy atom. The Hall–Kier alpha value is -3.71. The Kier molecular flexibility index (Phi) is 11.2. The summed E-state index contributed by atoms with van der Waals surface area (Å²) in [6.45, 7) is 5.55. The maximum atomic E-state index is 13.8. The molecule has 0 unspecified atom stereocenters. The topological polar surface area (TPSA) is 141 Å². The van der Waals surface area contributed by atoms with Gasteiger partial charge in [0.2, 0.25) is 10.0 Å². The van der Waals surface area contributed by atoms with Gasteiger partial charge in [-0.2, -0.15) is 0 Å². The lowest BCUT2D eigenvalue weighted by molar-refractivity contribution is -0.122. The largest absolute Gasteiger partial charge is 0.483 e. The van der Waals surface area contributed by atoms with Crippen LogP contribution in [0.15, 0.2) is 60.1 Å². The van der Waals surface area contributed by atoms with Gasteiger partial charge in [0.1, 0.15) is 0 Å². The molecule has 0 spiro atoms. The van der Waals surface area contributed by atoms with E-state index in [9.17, 15) is 18.3 Å². The van der Waals surface area contributed by atoms with Crippen molar-refractivity contribution in [1.29, 1.82) is 0 Å². The fraction of sp³-hybridized carbons (Fsp3) is 0.375. The molecule has 236 valence electrons. The number of sulfonamides is 1. The zero-order valence-electron chi connectivity index (χ0n) is 25.2. The van der Waals surface area contributed by atoms with Crippen LogP contribution >= 0.6 is 11.3 Å². The molecule has 2 aromatic heterocycles. The van der Waals surface area contributed by atoms with Crippen molar-refractivity contribution in [2.75, 3.05) is 23.7 Å². The van der Waals surface area contributed by atoms with Gasteiger partial charge in [-0.15, -0.1) is 11.3 Å². The number of nitrogens with one attached hydrogen (secondary N) is 2. The standard InChI is InChI=1S/C31H38N4O4S2.CH2O2/c1-4-25-13-22(20-40-25)17-32-18-29(36)26(14-21-9-7-6-8-10-21)33-31(37)24-15-27-30-23(11-12-41(38,39)34(27)3)19-35(5-2)28(30)16-24;2-1-3/h6-10,13,15-16,19-20,26,29,32,36H,4-5,11-12,14,17-18H2,1-3H3,(H,33,37);1H,(H,2,3)/t26-,29+;/m0./s1. The van der Waals surface area contributed by atoms with Crippen molar-refractivity contribution in [3.8, 4) is 0 Å². The van der Waals surface area contributed by atoms with Gasteiger partial charge in [-0.25, -0.2) is 8.42 Å². The van der Waals surface area contributed by atoms with E-state index < -0.39 is 22.2 Å². The number of hydrogen-bond acceptors (Lipinski definition) is 7. The molecule has 3 heterocycles. The number of carboxylic acid groups (broad SMARTS) is 1. The van der Waals surface area contributed by atoms with E-state index in [1.54, 1.807) is 24.5 Å². The number of nitrogens with zero attached hydrogens (tertiary/aromatic N) is 2. The molecule has 0 radical (unpaired) electrons. The number of benzene rings is 2. The fourth-order valence-corrected chi connectivity index (χ4v) is 7.50. The zero-order valence-corrected chi connectivity index (χ0v) is 26.8. The van der Waals surface area contributed by atoms with E-state index in [1.807, 2.05) is 49.5 Å². The van der Waals surface area contributed by atoms with Gasteiger partial charge in [-0.05, 0) is 66.5 Å². The van der Waals surface area contributed by atoms with Crippen molar-refractivity contribution in [3.63, 3.8) is 0 Å². The van der Waals surface area contributed by atoms with Crippen molar-refractivity contribution in [2.45, 2.75) is 58.3 Å². The van der Waals surface area contributed by atoms with Gasteiger partial charge in [0.05, 0.1) is 29.1 Å². The van der Waals surface area contributed by atoms with Crippen molar-refractivity contribution in [2.24, 2.45) is 0 Å². The van der Waals surface area contributed by atoms with Crippen LogP contribution in [0.5, 0.6) is 0 Å². The molecule has 0 fully saturated rings. The Balaban J connectivity index is 0.00000141. The molecular weight excluding hydrogens is 601 g/mol. The van der Waals surface area contributed by atoms with Crippen LogP contribution in [0.4, 0.5) is 5.69 Å². The molecule has 0 saturated carbocycles. The summed E-state index contributed by atoms with van der Waals surface area (Å²) in [5.41, 5.74) is 4.85. The molecule has 12 heteroatoms. The summed E-state index contributed by atoms with van der Waals surface area (Å²) in [5, 5.41) is 27.5. The molecule has 5 rings (SSSR count). The molecule has 1 amide bonds. The molecule has 0 bridgehead atoms. The number of carbonyl (C=O) groups excluding carboxylic acids is 1. The van der Waals surface area contributed by atoms with Gasteiger partial charge < -0.3 is 25.4 Å². The average molecular weight is 641 g/mol. The predicted octanol–water partition coefficient (Wildman–Crippen LogP) is 3.80. The van der Waals surface area contributed by atoms with E-state index in [0.717, 1.165) is 28.5 Å². The van der Waals surface area contributed by atoms with E-state index in [2.05, 4.69) is 33.6 Å². The minimum atomic E-state index is -3.51. The molecular formula is C32H40N4O6S2. The Labute approximate surface area is 262 Å². The fourth-order valence-electron chi connectivity index (χ4n) is 5.46. The molecule has 1 aliphatic rings. The van der Waals surface area contributed by atoms with Crippen LogP contribution in [-0.4, -0.2) is 67.1 Å². The van der Waals surface area contributed by atoms with Crippen molar-refractivity contribution in [3.05, 3.63) is 87.2 Å². The summed E-state index contributed by atoms with van der Waals surface area (Å²) >= 11 is 1.73. The second-order valence-electron chi connectivity index (χ2n) is 10.7. The minimum Gasteiger partial charge on any atom is -0.483 e. The molecule has 2 atom stereocenters. The summed E-state index contributed by atoms with van der Waals surface area (Å²) in [6, 6.07) is 14.9. The van der Waals surface area contributed by atoms with E-state index in [0.29, 0.717) is 43.7 Å². The lowest BCUT2D eigenvalue weighted by Gasteiger charge is -2.25. The second kappa shape index (κ2) is 14.8. The van der Waals surface area contributed by atoms with Crippen molar-refractivity contribution >= 4 is 50.3 Å². The maximum absolute atomic E-state index is 13.8. The maximum Gasteiger partial charge on any atom is 0.290 e. The molecule has 10 nitrogen and oxygen atoms in total. The van der Waals surface area contributed by atoms with Crippen LogP contribution in [-0.2, 0) is 47.2 Å². The van der Waals surface area contributed by atoms with Crippen LogP contribution in [0, 0.1) is 0 Å². The summed E-state index contributed by atoms with van der Waals surface area (Å²) in [5.74, 6) is -0.333. The molecule has 1 aliphatic heterocycles. The molecule has 4 aromatic rings.